The van der Waals surface area contributed by atoms with Crippen LogP contribution in [0.25, 0.3) is 11.3 Å². The van der Waals surface area contributed by atoms with Crippen molar-refractivity contribution >= 4 is 11.8 Å². The Hall–Kier alpha value is -4.00. The topological polar surface area (TPSA) is 107 Å². The van der Waals surface area contributed by atoms with Gasteiger partial charge in [-0.3, -0.25) is 14.6 Å². The fourth-order valence-corrected chi connectivity index (χ4v) is 5.49. The summed E-state index contributed by atoms with van der Waals surface area (Å²) >= 11 is 0. The van der Waals surface area contributed by atoms with E-state index in [1.54, 1.807) is 25.3 Å². The molecule has 1 aliphatic heterocycles. The molecule has 1 N–H and O–H groups in total. The number of methoxy groups -OCH3 is 1. The number of alkyl halides is 2. The van der Waals surface area contributed by atoms with Crippen molar-refractivity contribution in [2.45, 2.75) is 56.7 Å². The highest BCUT2D eigenvalue weighted by molar-refractivity contribution is 5.97. The molecular weight excluding hydrogens is 560 g/mol. The first-order valence-corrected chi connectivity index (χ1v) is 13.6. The number of ether oxygens (including phenoxy) is 2. The molecule has 2 fully saturated rings. The van der Waals surface area contributed by atoms with E-state index >= 15 is 0 Å². The van der Waals surface area contributed by atoms with E-state index in [1.165, 1.54) is 17.2 Å². The largest absolute Gasteiger partial charge is 0.494 e. The molecule has 2 amide bonds. The van der Waals surface area contributed by atoms with E-state index in [-0.39, 0.29) is 17.2 Å². The van der Waals surface area contributed by atoms with Gasteiger partial charge in [-0.2, -0.15) is 4.39 Å². The Morgan fingerprint density at radius 3 is 2.55 bits per heavy atom. The summed E-state index contributed by atoms with van der Waals surface area (Å²) in [7, 11) is 1.13. The Balaban J connectivity index is 1.58. The molecule has 2 aromatic heterocycles. The number of amides is 2. The lowest BCUT2D eigenvalue weighted by Gasteiger charge is -2.42. The molecule has 1 aromatic carbocycles. The lowest BCUT2D eigenvalue weighted by molar-refractivity contribution is -0.134. The number of pyridine rings is 1. The molecule has 0 radical (unpaired) electrons. The molecular formula is C29H30F4N4O5. The summed E-state index contributed by atoms with van der Waals surface area (Å²) in [6.07, 6.45) is 3.08. The molecule has 1 aliphatic carbocycles. The second-order valence-corrected chi connectivity index (χ2v) is 10.6. The van der Waals surface area contributed by atoms with Crippen molar-refractivity contribution in [3.8, 4) is 17.0 Å². The van der Waals surface area contributed by atoms with Crippen LogP contribution in [0.2, 0.25) is 0 Å². The van der Waals surface area contributed by atoms with Crippen LogP contribution in [0.3, 0.4) is 0 Å². The Bertz CT molecular complexity index is 1420. The van der Waals surface area contributed by atoms with Crippen molar-refractivity contribution in [1.29, 1.82) is 0 Å². The molecule has 2 atom stereocenters. The van der Waals surface area contributed by atoms with Gasteiger partial charge in [0, 0.05) is 62.2 Å². The fraction of sp³-hybridized carbons (Fsp3) is 0.448. The zero-order chi connectivity index (χ0) is 30.0. The van der Waals surface area contributed by atoms with Crippen molar-refractivity contribution in [2.24, 2.45) is 5.92 Å². The first-order chi connectivity index (χ1) is 20.1. The van der Waals surface area contributed by atoms with E-state index in [2.05, 4.69) is 15.5 Å². The second-order valence-electron chi connectivity index (χ2n) is 10.6. The van der Waals surface area contributed by atoms with Gasteiger partial charge in [0.05, 0.1) is 7.11 Å². The predicted octanol–water partition coefficient (Wildman–Crippen LogP) is 4.94. The molecule has 1 saturated heterocycles. The minimum absolute atomic E-state index is 0.103. The summed E-state index contributed by atoms with van der Waals surface area (Å²) < 4.78 is 72.3. The van der Waals surface area contributed by atoms with Gasteiger partial charge in [-0.15, -0.1) is 0 Å². The quantitative estimate of drug-likeness (QED) is 0.352. The van der Waals surface area contributed by atoms with Crippen LogP contribution in [0.1, 0.15) is 54.8 Å². The number of hydrogen-bond donors (Lipinski definition) is 1. The van der Waals surface area contributed by atoms with Gasteiger partial charge in [-0.25, -0.2) is 13.2 Å². The Kier molecular flexibility index (Phi) is 8.48. The van der Waals surface area contributed by atoms with E-state index < -0.39 is 66.1 Å². The summed E-state index contributed by atoms with van der Waals surface area (Å²) in [6.45, 7) is 2.59. The first kappa shape index (κ1) is 29.5. The van der Waals surface area contributed by atoms with Gasteiger partial charge < -0.3 is 24.2 Å². The van der Waals surface area contributed by atoms with E-state index in [0.29, 0.717) is 37.3 Å². The van der Waals surface area contributed by atoms with Crippen LogP contribution < -0.4 is 10.1 Å². The van der Waals surface area contributed by atoms with E-state index in [9.17, 15) is 27.2 Å². The maximum Gasteiger partial charge on any atom is 0.293 e. The summed E-state index contributed by atoms with van der Waals surface area (Å²) in [5.74, 6) is -7.92. The van der Waals surface area contributed by atoms with Crippen LogP contribution in [-0.4, -0.2) is 65.2 Å². The summed E-state index contributed by atoms with van der Waals surface area (Å²) in [6, 6.07) is 3.67. The van der Waals surface area contributed by atoms with Gasteiger partial charge >= 0.3 is 0 Å². The minimum Gasteiger partial charge on any atom is -0.494 e. The maximum atomic E-state index is 14.8. The SMILES string of the molecule is COc1cc(C(C(=O)NC2CC(F)(F)C2)N(C(=O)c2cc(-c3cccnc3)no2)[C@@H](C)C2CCOCC2)cc(F)c1F. The number of hydrogen-bond acceptors (Lipinski definition) is 7. The lowest BCUT2D eigenvalue weighted by Crippen LogP contribution is -2.56. The second kappa shape index (κ2) is 12.1. The smallest absolute Gasteiger partial charge is 0.293 e. The lowest BCUT2D eigenvalue weighted by atomic mass is 9.87. The Morgan fingerprint density at radius 1 is 1.17 bits per heavy atom. The van der Waals surface area contributed by atoms with Crippen LogP contribution in [-0.2, 0) is 9.53 Å². The molecule has 5 rings (SSSR count). The number of carbonyl (C=O) groups excluding carboxylic acids is 2. The molecule has 1 unspecified atom stereocenters. The van der Waals surface area contributed by atoms with E-state index in [1.807, 2.05) is 0 Å². The fourth-order valence-electron chi connectivity index (χ4n) is 5.49. The number of nitrogens with zero attached hydrogens (tertiary/aromatic N) is 3. The van der Waals surface area contributed by atoms with Gasteiger partial charge in [0.25, 0.3) is 11.8 Å². The Morgan fingerprint density at radius 2 is 1.90 bits per heavy atom. The molecule has 224 valence electrons. The molecule has 0 spiro atoms. The van der Waals surface area contributed by atoms with Crippen LogP contribution in [0.5, 0.6) is 5.75 Å². The van der Waals surface area contributed by atoms with E-state index in [4.69, 9.17) is 14.0 Å². The van der Waals surface area contributed by atoms with E-state index in [0.717, 1.165) is 19.2 Å². The molecule has 42 heavy (non-hydrogen) atoms. The van der Waals surface area contributed by atoms with Crippen LogP contribution in [0.15, 0.2) is 47.2 Å². The van der Waals surface area contributed by atoms with Crippen LogP contribution >= 0.6 is 0 Å². The third kappa shape index (κ3) is 6.10. The number of benzene rings is 1. The van der Waals surface area contributed by atoms with Crippen molar-refractivity contribution in [3.05, 3.63) is 65.7 Å². The highest BCUT2D eigenvalue weighted by Gasteiger charge is 2.48. The third-order valence-corrected chi connectivity index (χ3v) is 7.82. The third-order valence-electron chi connectivity index (χ3n) is 7.82. The summed E-state index contributed by atoms with van der Waals surface area (Å²) in [5.41, 5.74) is 0.792. The molecule has 3 aromatic rings. The monoisotopic (exact) mass is 590 g/mol. The van der Waals surface area contributed by atoms with Crippen molar-refractivity contribution in [2.75, 3.05) is 20.3 Å². The van der Waals surface area contributed by atoms with Crippen LogP contribution in [0, 0.1) is 17.6 Å². The van der Waals surface area contributed by atoms with Crippen molar-refractivity contribution < 1.29 is 41.1 Å². The van der Waals surface area contributed by atoms with Gasteiger partial charge in [0.2, 0.25) is 17.5 Å². The predicted molar refractivity (Wildman–Crippen MR) is 141 cm³/mol. The van der Waals surface area contributed by atoms with Crippen molar-refractivity contribution in [1.82, 2.24) is 20.4 Å². The Labute approximate surface area is 239 Å². The highest BCUT2D eigenvalue weighted by Crippen LogP contribution is 2.39. The zero-order valence-corrected chi connectivity index (χ0v) is 23.0. The maximum absolute atomic E-state index is 14.8. The number of rotatable bonds is 9. The highest BCUT2D eigenvalue weighted by atomic mass is 19.3. The number of carbonyl (C=O) groups is 2. The van der Waals surface area contributed by atoms with Crippen LogP contribution in [0.4, 0.5) is 17.6 Å². The minimum atomic E-state index is -2.92. The number of nitrogens with one attached hydrogen (secondary N) is 1. The number of aromatic nitrogens is 2. The standard InChI is InChI=1S/C29H30F4N4O5/c1-16(17-5-8-41-9-6-17)37(28(39)24-12-22(36-42-24)18-4-3-7-34-15-18)26(27(38)35-20-13-29(32,33)14-20)19-10-21(30)25(31)23(11-19)40-2/h3-4,7,10-12,15-17,20,26H,5-6,8-9,13-14H2,1-2H3,(H,35,38)/t16-,26?/m0/s1. The molecule has 0 bridgehead atoms. The molecule has 1 saturated carbocycles. The van der Waals surface area contributed by atoms with Gasteiger partial charge in [-0.1, -0.05) is 5.16 Å². The summed E-state index contributed by atoms with van der Waals surface area (Å²) in [4.78, 5) is 33.3. The zero-order valence-electron chi connectivity index (χ0n) is 23.0. The average molecular weight is 591 g/mol. The molecule has 13 heteroatoms. The first-order valence-electron chi connectivity index (χ1n) is 13.6. The molecule has 2 aliphatic rings. The molecule has 9 nitrogen and oxygen atoms in total. The van der Waals surface area contributed by atoms with Gasteiger partial charge in [0.1, 0.15) is 11.7 Å². The summed E-state index contributed by atoms with van der Waals surface area (Å²) in [5, 5.41) is 6.55. The number of halogens is 4. The molecule has 3 heterocycles. The van der Waals surface area contributed by atoms with Crippen molar-refractivity contribution in [3.63, 3.8) is 0 Å². The normalized spacial score (nSPS) is 18.5. The average Bonchev–Trinajstić information content (AvgIpc) is 3.47. The van der Waals surface area contributed by atoms with Gasteiger partial charge in [0.15, 0.2) is 11.6 Å². The van der Waals surface area contributed by atoms with Gasteiger partial charge in [-0.05, 0) is 55.5 Å².